The number of methoxy groups -OCH3 is 1. The van der Waals surface area contributed by atoms with Gasteiger partial charge in [-0.25, -0.2) is 14.8 Å². The van der Waals surface area contributed by atoms with Gasteiger partial charge in [-0.2, -0.15) is 0 Å². The van der Waals surface area contributed by atoms with Crippen molar-refractivity contribution in [2.24, 2.45) is 0 Å². The lowest BCUT2D eigenvalue weighted by molar-refractivity contribution is -0.149. The molecule has 0 fully saturated rings. The quantitative estimate of drug-likeness (QED) is 0.636. The molecule has 2 aromatic heterocycles. The topological polar surface area (TPSA) is 66.2 Å². The average Bonchev–Trinajstić information content (AvgIpc) is 2.91. The van der Waals surface area contributed by atoms with Crippen molar-refractivity contribution in [1.82, 2.24) is 14.5 Å². The predicted molar refractivity (Wildman–Crippen MR) is 92.1 cm³/mol. The maximum Gasteiger partial charge on any atom is 0.334 e. The van der Waals surface area contributed by atoms with E-state index in [1.807, 2.05) is 50.6 Å². The van der Waals surface area contributed by atoms with Crippen LogP contribution >= 0.6 is 0 Å². The van der Waals surface area contributed by atoms with Gasteiger partial charge in [-0.05, 0) is 52.8 Å². The molecular formula is C18H23N3O3. The van der Waals surface area contributed by atoms with E-state index in [0.717, 1.165) is 11.4 Å². The van der Waals surface area contributed by atoms with Gasteiger partial charge in [0.1, 0.15) is 11.3 Å². The highest BCUT2D eigenvalue weighted by Gasteiger charge is 2.17. The largest absolute Gasteiger partial charge is 0.479 e. The Morgan fingerprint density at radius 1 is 1.29 bits per heavy atom. The summed E-state index contributed by atoms with van der Waals surface area (Å²) in [7, 11) is 1.56. The minimum atomic E-state index is -0.527. The van der Waals surface area contributed by atoms with Crippen LogP contribution in [0.5, 0.6) is 5.88 Å². The van der Waals surface area contributed by atoms with E-state index in [4.69, 9.17) is 9.47 Å². The lowest BCUT2D eigenvalue weighted by Crippen LogP contribution is -2.24. The highest BCUT2D eigenvalue weighted by atomic mass is 16.6. The molecule has 6 nitrogen and oxygen atoms in total. The second-order valence-electron chi connectivity index (χ2n) is 6.52. The molecular weight excluding hydrogens is 306 g/mol. The Bertz CT molecular complexity index is 770. The summed E-state index contributed by atoms with van der Waals surface area (Å²) in [5, 5.41) is 0. The van der Waals surface area contributed by atoms with E-state index < -0.39 is 5.60 Å². The van der Waals surface area contributed by atoms with E-state index in [1.165, 1.54) is 0 Å². The molecule has 2 heterocycles. The molecule has 0 aromatic carbocycles. The first-order valence-electron chi connectivity index (χ1n) is 7.67. The van der Waals surface area contributed by atoms with E-state index in [-0.39, 0.29) is 5.97 Å². The fourth-order valence-electron chi connectivity index (χ4n) is 2.07. The number of ether oxygens (including phenoxy) is 2. The third-order valence-corrected chi connectivity index (χ3v) is 3.13. The number of imidazole rings is 1. The van der Waals surface area contributed by atoms with Gasteiger partial charge in [0.15, 0.2) is 0 Å². The molecule has 0 saturated heterocycles. The first-order valence-corrected chi connectivity index (χ1v) is 7.67. The number of aromatic nitrogens is 3. The van der Waals surface area contributed by atoms with Gasteiger partial charge in [0.05, 0.1) is 24.8 Å². The van der Waals surface area contributed by atoms with Crippen LogP contribution in [-0.4, -0.2) is 33.2 Å². The maximum atomic E-state index is 12.0. The molecule has 0 N–H and O–H groups in total. The average molecular weight is 329 g/mol. The van der Waals surface area contributed by atoms with E-state index in [0.29, 0.717) is 17.1 Å². The second kappa shape index (κ2) is 6.86. The summed E-state index contributed by atoms with van der Waals surface area (Å²) < 4.78 is 12.6. The highest BCUT2D eigenvalue weighted by molar-refractivity contribution is 5.93. The van der Waals surface area contributed by atoms with Gasteiger partial charge in [0.2, 0.25) is 5.88 Å². The van der Waals surface area contributed by atoms with E-state index in [9.17, 15) is 4.79 Å². The number of hydrogen-bond donors (Lipinski definition) is 0. The molecule has 0 aliphatic rings. The van der Waals surface area contributed by atoms with Crippen molar-refractivity contribution in [1.29, 1.82) is 0 Å². The Labute approximate surface area is 142 Å². The summed E-state index contributed by atoms with van der Waals surface area (Å²) in [4.78, 5) is 20.7. The fraction of sp³-hybridized carbons (Fsp3) is 0.389. The lowest BCUT2D eigenvalue weighted by Gasteiger charge is -2.19. The van der Waals surface area contributed by atoms with E-state index in [2.05, 4.69) is 9.97 Å². The van der Waals surface area contributed by atoms with Crippen molar-refractivity contribution in [2.75, 3.05) is 7.11 Å². The minimum Gasteiger partial charge on any atom is -0.479 e. The van der Waals surface area contributed by atoms with Crippen LogP contribution in [0.25, 0.3) is 11.8 Å². The SMILES string of the molecule is COc1nc(/C=C(\C)C(=O)OC(C)(C)C)ccc1-n1cnc(C)c1. The van der Waals surface area contributed by atoms with Crippen LogP contribution in [0.15, 0.2) is 30.2 Å². The van der Waals surface area contributed by atoms with Gasteiger partial charge < -0.3 is 14.0 Å². The molecule has 0 unspecified atom stereocenters. The molecule has 0 aliphatic carbocycles. The minimum absolute atomic E-state index is 0.363. The summed E-state index contributed by atoms with van der Waals surface area (Å²) >= 11 is 0. The summed E-state index contributed by atoms with van der Waals surface area (Å²) in [6.07, 6.45) is 5.27. The Hall–Kier alpha value is -2.63. The molecule has 2 aromatic rings. The zero-order valence-corrected chi connectivity index (χ0v) is 15.0. The van der Waals surface area contributed by atoms with Crippen molar-refractivity contribution in [3.8, 4) is 11.6 Å². The third-order valence-electron chi connectivity index (χ3n) is 3.13. The van der Waals surface area contributed by atoms with Crippen LogP contribution in [-0.2, 0) is 9.53 Å². The highest BCUT2D eigenvalue weighted by Crippen LogP contribution is 2.22. The molecule has 0 spiro atoms. The molecule has 2 rings (SSSR count). The van der Waals surface area contributed by atoms with Crippen LogP contribution < -0.4 is 4.74 Å². The third kappa shape index (κ3) is 4.44. The van der Waals surface area contributed by atoms with Crippen LogP contribution in [0.2, 0.25) is 0 Å². The Kier molecular flexibility index (Phi) is 5.07. The molecule has 0 atom stereocenters. The van der Waals surface area contributed by atoms with Crippen molar-refractivity contribution < 1.29 is 14.3 Å². The number of aryl methyl sites for hydroxylation is 1. The second-order valence-corrected chi connectivity index (χ2v) is 6.52. The summed E-state index contributed by atoms with van der Waals surface area (Å²) in [5.74, 6) is 0.0933. The number of pyridine rings is 1. The number of nitrogens with zero attached hydrogens (tertiary/aromatic N) is 3. The molecule has 0 bridgehead atoms. The van der Waals surface area contributed by atoms with E-state index in [1.54, 1.807) is 26.4 Å². The van der Waals surface area contributed by atoms with Gasteiger partial charge >= 0.3 is 5.97 Å². The first-order chi connectivity index (χ1) is 11.2. The van der Waals surface area contributed by atoms with Crippen molar-refractivity contribution >= 4 is 12.0 Å². The molecule has 0 saturated carbocycles. The van der Waals surface area contributed by atoms with Gasteiger partial charge in [-0.15, -0.1) is 0 Å². The Balaban J connectivity index is 2.29. The van der Waals surface area contributed by atoms with E-state index >= 15 is 0 Å². The molecule has 24 heavy (non-hydrogen) atoms. The predicted octanol–water partition coefficient (Wildman–Crippen LogP) is 3.33. The maximum absolute atomic E-state index is 12.0. The van der Waals surface area contributed by atoms with Crippen LogP contribution in [0.4, 0.5) is 0 Å². The van der Waals surface area contributed by atoms with Crippen LogP contribution in [0, 0.1) is 6.92 Å². The normalized spacial score (nSPS) is 12.2. The molecule has 0 aliphatic heterocycles. The van der Waals surface area contributed by atoms with Crippen molar-refractivity contribution in [2.45, 2.75) is 40.2 Å². The van der Waals surface area contributed by atoms with Crippen molar-refractivity contribution in [3.05, 3.63) is 41.6 Å². The number of hydrogen-bond acceptors (Lipinski definition) is 5. The molecule has 0 amide bonds. The number of carbonyl (C=O) groups excluding carboxylic acids is 1. The zero-order chi connectivity index (χ0) is 17.9. The van der Waals surface area contributed by atoms with Gasteiger partial charge in [-0.3, -0.25) is 0 Å². The standard InChI is InChI=1S/C18H23N3O3/c1-12(17(22)24-18(3,4)5)9-14-7-8-15(16(20-14)23-6)21-10-13(2)19-11-21/h7-11H,1-6H3/b12-9+. The van der Waals surface area contributed by atoms with Gasteiger partial charge in [-0.1, -0.05) is 0 Å². The van der Waals surface area contributed by atoms with Gasteiger partial charge in [0.25, 0.3) is 0 Å². The molecule has 128 valence electrons. The fourth-order valence-corrected chi connectivity index (χ4v) is 2.07. The monoisotopic (exact) mass is 329 g/mol. The number of rotatable bonds is 4. The summed E-state index contributed by atoms with van der Waals surface area (Å²) in [6, 6.07) is 3.70. The summed E-state index contributed by atoms with van der Waals surface area (Å²) in [6.45, 7) is 9.12. The number of carbonyl (C=O) groups is 1. The lowest BCUT2D eigenvalue weighted by atomic mass is 10.1. The van der Waals surface area contributed by atoms with Gasteiger partial charge in [0, 0.05) is 11.8 Å². The summed E-state index contributed by atoms with van der Waals surface area (Å²) in [5.41, 5.74) is 2.26. The molecule has 0 radical (unpaired) electrons. The Morgan fingerprint density at radius 3 is 2.54 bits per heavy atom. The Morgan fingerprint density at radius 2 is 2.00 bits per heavy atom. The van der Waals surface area contributed by atoms with Crippen molar-refractivity contribution in [3.63, 3.8) is 0 Å². The number of esters is 1. The molecule has 6 heteroatoms. The zero-order valence-electron chi connectivity index (χ0n) is 15.0. The first kappa shape index (κ1) is 17.7. The smallest absolute Gasteiger partial charge is 0.334 e. The van der Waals surface area contributed by atoms with Crippen LogP contribution in [0.1, 0.15) is 39.1 Å². The van der Waals surface area contributed by atoms with Crippen LogP contribution in [0.3, 0.4) is 0 Å².